The van der Waals surface area contributed by atoms with E-state index in [0.717, 1.165) is 13.0 Å². The van der Waals surface area contributed by atoms with Gasteiger partial charge in [0.05, 0.1) is 12.1 Å². The third kappa shape index (κ3) is 2.49. The van der Waals surface area contributed by atoms with Gasteiger partial charge in [0, 0.05) is 18.4 Å². The molecule has 1 N–H and O–H groups in total. The molecule has 2 heterocycles. The Morgan fingerprint density at radius 1 is 1.37 bits per heavy atom. The van der Waals surface area contributed by atoms with Crippen LogP contribution in [0.2, 0.25) is 0 Å². The Hall–Kier alpha value is -1.82. The van der Waals surface area contributed by atoms with E-state index in [9.17, 15) is 0 Å². The summed E-state index contributed by atoms with van der Waals surface area (Å²) in [7, 11) is 0. The molecule has 0 saturated heterocycles. The van der Waals surface area contributed by atoms with Gasteiger partial charge in [-0.3, -0.25) is 4.98 Å². The van der Waals surface area contributed by atoms with Crippen molar-refractivity contribution in [2.75, 3.05) is 6.54 Å². The number of nitrogens with zero attached hydrogens (tertiary/aromatic N) is 4. The van der Waals surface area contributed by atoms with Crippen molar-refractivity contribution < 1.29 is 4.52 Å². The van der Waals surface area contributed by atoms with Crippen LogP contribution in [0.25, 0.3) is 11.5 Å². The maximum atomic E-state index is 5.41. The normalized spacial score (nSPS) is 22.8. The topological polar surface area (TPSA) is 76.7 Å². The average Bonchev–Trinajstić information content (AvgIpc) is 3.08. The summed E-state index contributed by atoms with van der Waals surface area (Å²) in [6.45, 7) is 3.08. The van der Waals surface area contributed by atoms with Crippen molar-refractivity contribution in [2.24, 2.45) is 0 Å². The highest BCUT2D eigenvalue weighted by atomic mass is 16.5. The van der Waals surface area contributed by atoms with Crippen LogP contribution in [-0.2, 0) is 0 Å². The van der Waals surface area contributed by atoms with Crippen LogP contribution < -0.4 is 5.32 Å². The van der Waals surface area contributed by atoms with Crippen molar-refractivity contribution in [1.82, 2.24) is 25.4 Å². The molecule has 0 amide bonds. The fourth-order valence-corrected chi connectivity index (χ4v) is 2.67. The second-order valence-corrected chi connectivity index (χ2v) is 4.75. The first-order valence-corrected chi connectivity index (χ1v) is 6.72. The Labute approximate surface area is 111 Å². The maximum absolute atomic E-state index is 5.41. The minimum atomic E-state index is 0.317. The molecule has 1 aliphatic rings. The molecule has 1 aliphatic carbocycles. The van der Waals surface area contributed by atoms with Crippen molar-refractivity contribution in [3.8, 4) is 11.5 Å². The number of nitrogens with one attached hydrogen (secondary N) is 1. The summed E-state index contributed by atoms with van der Waals surface area (Å²) in [5, 5.41) is 7.50. The minimum Gasteiger partial charge on any atom is -0.339 e. The highest BCUT2D eigenvalue weighted by molar-refractivity contribution is 5.45. The van der Waals surface area contributed by atoms with E-state index in [2.05, 4.69) is 32.3 Å². The first-order valence-electron chi connectivity index (χ1n) is 6.72. The molecule has 100 valence electrons. The highest BCUT2D eigenvalue weighted by Gasteiger charge is 2.32. The molecule has 2 atom stereocenters. The van der Waals surface area contributed by atoms with Crippen molar-refractivity contribution in [3.63, 3.8) is 0 Å². The second kappa shape index (κ2) is 5.44. The van der Waals surface area contributed by atoms with Crippen molar-refractivity contribution >= 4 is 0 Å². The molecule has 3 rings (SSSR count). The third-order valence-electron chi connectivity index (χ3n) is 3.53. The first kappa shape index (κ1) is 12.2. The summed E-state index contributed by atoms with van der Waals surface area (Å²) in [5.74, 6) is 1.55. The fraction of sp³-hybridized carbons (Fsp3) is 0.538. The molecule has 0 bridgehead atoms. The third-order valence-corrected chi connectivity index (χ3v) is 3.53. The maximum Gasteiger partial charge on any atom is 0.231 e. The Morgan fingerprint density at radius 3 is 3.11 bits per heavy atom. The van der Waals surface area contributed by atoms with Crippen LogP contribution in [0.4, 0.5) is 0 Å². The summed E-state index contributed by atoms with van der Waals surface area (Å²) in [6, 6.07) is 0.445. The molecule has 6 heteroatoms. The zero-order valence-corrected chi connectivity index (χ0v) is 10.9. The second-order valence-electron chi connectivity index (χ2n) is 4.75. The highest BCUT2D eigenvalue weighted by Crippen LogP contribution is 2.34. The molecular weight excluding hydrogens is 242 g/mol. The Kier molecular flexibility index (Phi) is 3.50. The lowest BCUT2D eigenvalue weighted by atomic mass is 10.0. The van der Waals surface area contributed by atoms with Crippen LogP contribution in [-0.4, -0.2) is 32.7 Å². The first-order chi connectivity index (χ1) is 9.38. The van der Waals surface area contributed by atoms with Crippen LogP contribution in [0.15, 0.2) is 23.1 Å². The van der Waals surface area contributed by atoms with E-state index < -0.39 is 0 Å². The predicted molar refractivity (Wildman–Crippen MR) is 69.4 cm³/mol. The van der Waals surface area contributed by atoms with Crippen molar-refractivity contribution in [3.05, 3.63) is 24.5 Å². The van der Waals surface area contributed by atoms with Gasteiger partial charge in [0.2, 0.25) is 11.7 Å². The lowest BCUT2D eigenvalue weighted by Gasteiger charge is -2.16. The van der Waals surface area contributed by atoms with E-state index >= 15 is 0 Å². The zero-order valence-electron chi connectivity index (χ0n) is 10.9. The number of hydrogen-bond acceptors (Lipinski definition) is 6. The van der Waals surface area contributed by atoms with Gasteiger partial charge in [0.25, 0.3) is 0 Å². The van der Waals surface area contributed by atoms with E-state index in [1.54, 1.807) is 18.6 Å². The van der Waals surface area contributed by atoms with E-state index in [-0.39, 0.29) is 0 Å². The number of likely N-dealkylation sites (N-methyl/N-ethyl adjacent to an activating group) is 1. The van der Waals surface area contributed by atoms with E-state index in [1.165, 1.54) is 12.8 Å². The lowest BCUT2D eigenvalue weighted by Crippen LogP contribution is -2.31. The van der Waals surface area contributed by atoms with E-state index in [0.29, 0.717) is 29.4 Å². The Morgan fingerprint density at radius 2 is 2.32 bits per heavy atom. The Balaban J connectivity index is 1.81. The van der Waals surface area contributed by atoms with Gasteiger partial charge in [-0.05, 0) is 19.4 Å². The fourth-order valence-electron chi connectivity index (χ4n) is 2.67. The molecular formula is C13H17N5O. The summed E-state index contributed by atoms with van der Waals surface area (Å²) in [5.41, 5.74) is 0.649. The quantitative estimate of drug-likeness (QED) is 0.901. The summed E-state index contributed by atoms with van der Waals surface area (Å²) in [4.78, 5) is 12.7. The van der Waals surface area contributed by atoms with E-state index in [4.69, 9.17) is 4.52 Å². The van der Waals surface area contributed by atoms with Crippen LogP contribution in [0.5, 0.6) is 0 Å². The van der Waals surface area contributed by atoms with Gasteiger partial charge in [0.1, 0.15) is 5.69 Å². The van der Waals surface area contributed by atoms with Crippen LogP contribution in [0.3, 0.4) is 0 Å². The number of aromatic nitrogens is 4. The number of hydrogen-bond donors (Lipinski definition) is 1. The van der Waals surface area contributed by atoms with Gasteiger partial charge in [0.15, 0.2) is 0 Å². The van der Waals surface area contributed by atoms with Gasteiger partial charge < -0.3 is 9.84 Å². The van der Waals surface area contributed by atoms with Crippen LogP contribution >= 0.6 is 0 Å². The molecule has 6 nitrogen and oxygen atoms in total. The molecule has 1 fully saturated rings. The van der Waals surface area contributed by atoms with Gasteiger partial charge in [-0.15, -0.1) is 0 Å². The average molecular weight is 259 g/mol. The standard InChI is InChI=1S/C13H17N5O/c1-2-15-10-5-3-4-9(10)13-17-12(18-19-13)11-8-14-6-7-16-11/h6-10,15H,2-5H2,1H3. The molecule has 19 heavy (non-hydrogen) atoms. The predicted octanol–water partition coefficient (Wildman–Crippen LogP) is 1.77. The van der Waals surface area contributed by atoms with E-state index in [1.807, 2.05) is 0 Å². The Bertz CT molecular complexity index is 527. The van der Waals surface area contributed by atoms with Crippen LogP contribution in [0, 0.1) is 0 Å². The van der Waals surface area contributed by atoms with Gasteiger partial charge in [-0.1, -0.05) is 18.5 Å². The monoisotopic (exact) mass is 259 g/mol. The number of rotatable bonds is 4. The summed E-state index contributed by atoms with van der Waals surface area (Å²) in [6.07, 6.45) is 8.36. The molecule has 1 saturated carbocycles. The molecule has 0 spiro atoms. The largest absolute Gasteiger partial charge is 0.339 e. The minimum absolute atomic E-state index is 0.317. The lowest BCUT2D eigenvalue weighted by molar-refractivity contribution is 0.332. The molecule has 2 aromatic heterocycles. The molecule has 0 radical (unpaired) electrons. The molecule has 2 unspecified atom stereocenters. The SMILES string of the molecule is CCNC1CCCC1c1nc(-c2cnccn2)no1. The summed E-state index contributed by atoms with van der Waals surface area (Å²) >= 11 is 0. The molecule has 0 aromatic carbocycles. The smallest absolute Gasteiger partial charge is 0.231 e. The summed E-state index contributed by atoms with van der Waals surface area (Å²) < 4.78 is 5.41. The van der Waals surface area contributed by atoms with Crippen molar-refractivity contribution in [1.29, 1.82) is 0 Å². The van der Waals surface area contributed by atoms with Gasteiger partial charge in [-0.2, -0.15) is 4.98 Å². The van der Waals surface area contributed by atoms with Gasteiger partial charge >= 0.3 is 0 Å². The molecule has 2 aromatic rings. The van der Waals surface area contributed by atoms with Crippen LogP contribution in [0.1, 0.15) is 38.0 Å². The van der Waals surface area contributed by atoms with Crippen molar-refractivity contribution in [2.45, 2.75) is 38.1 Å². The molecule has 0 aliphatic heterocycles. The zero-order chi connectivity index (χ0) is 13.1. The van der Waals surface area contributed by atoms with Gasteiger partial charge in [-0.25, -0.2) is 4.98 Å².